The molecule has 0 aromatic rings. The van der Waals surface area contributed by atoms with E-state index in [2.05, 4.69) is 20.8 Å². The molecule has 0 aromatic heterocycles. The molecule has 0 aliphatic rings. The van der Waals surface area contributed by atoms with Crippen molar-refractivity contribution in [2.45, 2.75) is 78.6 Å². The highest BCUT2D eigenvalue weighted by Gasteiger charge is 2.21. The van der Waals surface area contributed by atoms with E-state index in [1.165, 1.54) is 57.8 Å². The molecule has 1 unspecified atom stereocenters. The third-order valence-corrected chi connectivity index (χ3v) is 3.37. The van der Waals surface area contributed by atoms with Crippen LogP contribution < -0.4 is 0 Å². The Morgan fingerprint density at radius 2 is 1.40 bits per heavy atom. The molecular weight excluding hydrogens is 184 g/mol. The molecule has 0 aliphatic carbocycles. The van der Waals surface area contributed by atoms with Crippen LogP contribution in [0.5, 0.6) is 0 Å². The van der Waals surface area contributed by atoms with E-state index in [9.17, 15) is 5.11 Å². The Morgan fingerprint density at radius 1 is 0.800 bits per heavy atom. The summed E-state index contributed by atoms with van der Waals surface area (Å²) >= 11 is 0. The molecule has 0 spiro atoms. The van der Waals surface area contributed by atoms with Crippen LogP contribution in [0.4, 0.5) is 0 Å². The summed E-state index contributed by atoms with van der Waals surface area (Å²) in [5.74, 6) is 0. The lowest BCUT2D eigenvalue weighted by molar-refractivity contribution is 0.119. The average Bonchev–Trinajstić information content (AvgIpc) is 2.24. The second-order valence-electron chi connectivity index (χ2n) is 5.24. The molecule has 1 heteroatoms. The number of unbranched alkanes of at least 4 members (excludes halogenated alkanes) is 5. The van der Waals surface area contributed by atoms with Crippen LogP contribution in [-0.2, 0) is 0 Å². The monoisotopic (exact) mass is 214 g/mol. The van der Waals surface area contributed by atoms with E-state index in [1.807, 2.05) is 0 Å². The zero-order valence-corrected chi connectivity index (χ0v) is 11.0. The van der Waals surface area contributed by atoms with Crippen molar-refractivity contribution in [2.24, 2.45) is 5.41 Å². The second-order valence-corrected chi connectivity index (χ2v) is 5.24. The molecule has 15 heavy (non-hydrogen) atoms. The number of aliphatic hydroxyl groups excluding tert-OH is 1. The molecule has 0 radical (unpaired) electrons. The van der Waals surface area contributed by atoms with Gasteiger partial charge in [0.05, 0.1) is 0 Å². The van der Waals surface area contributed by atoms with Crippen LogP contribution in [0.2, 0.25) is 0 Å². The fourth-order valence-electron chi connectivity index (χ4n) is 2.22. The topological polar surface area (TPSA) is 20.2 Å². The van der Waals surface area contributed by atoms with Gasteiger partial charge in [-0.15, -0.1) is 0 Å². The molecule has 0 rings (SSSR count). The highest BCUT2D eigenvalue weighted by Crippen LogP contribution is 2.29. The van der Waals surface area contributed by atoms with Crippen LogP contribution in [0.3, 0.4) is 0 Å². The highest BCUT2D eigenvalue weighted by atomic mass is 16.3. The fraction of sp³-hybridized carbons (Fsp3) is 1.00. The van der Waals surface area contributed by atoms with Gasteiger partial charge in [-0.05, 0) is 18.3 Å². The molecule has 0 bridgehead atoms. The molecule has 0 amide bonds. The van der Waals surface area contributed by atoms with Crippen LogP contribution in [0.15, 0.2) is 0 Å². The maximum Gasteiger partial charge on any atom is 0.0484 e. The van der Waals surface area contributed by atoms with Crippen molar-refractivity contribution in [3.63, 3.8) is 0 Å². The molecule has 0 saturated carbocycles. The summed E-state index contributed by atoms with van der Waals surface area (Å²) in [6, 6.07) is 0. The van der Waals surface area contributed by atoms with Gasteiger partial charge in [-0.1, -0.05) is 65.7 Å². The number of hydrogen-bond acceptors (Lipinski definition) is 1. The Balaban J connectivity index is 3.46. The van der Waals surface area contributed by atoms with Crippen LogP contribution in [0.25, 0.3) is 0 Å². The maximum atomic E-state index is 9.36. The first-order chi connectivity index (χ1) is 7.18. The lowest BCUT2D eigenvalue weighted by Gasteiger charge is -2.26. The van der Waals surface area contributed by atoms with Gasteiger partial charge in [0, 0.05) is 6.61 Å². The number of hydrogen-bond donors (Lipinski definition) is 1. The van der Waals surface area contributed by atoms with Gasteiger partial charge in [-0.25, -0.2) is 0 Å². The lowest BCUT2D eigenvalue weighted by atomic mass is 9.81. The van der Waals surface area contributed by atoms with E-state index in [0.717, 1.165) is 0 Å². The molecule has 1 N–H and O–H groups in total. The van der Waals surface area contributed by atoms with Gasteiger partial charge in [0.15, 0.2) is 0 Å². The molecule has 0 saturated heterocycles. The first-order valence-electron chi connectivity index (χ1n) is 6.79. The summed E-state index contributed by atoms with van der Waals surface area (Å²) < 4.78 is 0. The molecule has 0 aromatic carbocycles. The number of aliphatic hydroxyl groups is 1. The van der Waals surface area contributed by atoms with Crippen molar-refractivity contribution in [1.29, 1.82) is 0 Å². The van der Waals surface area contributed by atoms with E-state index >= 15 is 0 Å². The van der Waals surface area contributed by atoms with Crippen molar-refractivity contribution in [3.05, 3.63) is 0 Å². The van der Waals surface area contributed by atoms with E-state index < -0.39 is 0 Å². The van der Waals surface area contributed by atoms with E-state index in [1.54, 1.807) is 0 Å². The summed E-state index contributed by atoms with van der Waals surface area (Å²) in [6.07, 6.45) is 11.7. The zero-order valence-electron chi connectivity index (χ0n) is 11.0. The van der Waals surface area contributed by atoms with Crippen molar-refractivity contribution in [3.8, 4) is 0 Å². The molecule has 0 heterocycles. The smallest absolute Gasteiger partial charge is 0.0484 e. The molecular formula is C14H30O. The Morgan fingerprint density at radius 3 is 1.93 bits per heavy atom. The Kier molecular flexibility index (Phi) is 9.18. The van der Waals surface area contributed by atoms with Crippen LogP contribution in [0.1, 0.15) is 78.6 Å². The summed E-state index contributed by atoms with van der Waals surface area (Å²) in [4.78, 5) is 0. The fourth-order valence-corrected chi connectivity index (χ4v) is 2.22. The SMILES string of the molecule is CCCCCCCCC(C)(CO)CCC. The summed E-state index contributed by atoms with van der Waals surface area (Å²) in [5.41, 5.74) is 0.194. The quantitative estimate of drug-likeness (QED) is 0.529. The molecule has 1 nitrogen and oxygen atoms in total. The van der Waals surface area contributed by atoms with Crippen LogP contribution >= 0.6 is 0 Å². The van der Waals surface area contributed by atoms with Crippen molar-refractivity contribution < 1.29 is 5.11 Å². The van der Waals surface area contributed by atoms with Crippen LogP contribution in [0, 0.1) is 5.41 Å². The zero-order chi connectivity index (χ0) is 11.6. The normalized spacial score (nSPS) is 15.2. The van der Waals surface area contributed by atoms with Gasteiger partial charge in [-0.2, -0.15) is 0 Å². The summed E-state index contributed by atoms with van der Waals surface area (Å²) in [6.45, 7) is 7.04. The van der Waals surface area contributed by atoms with Crippen molar-refractivity contribution in [1.82, 2.24) is 0 Å². The van der Waals surface area contributed by atoms with Gasteiger partial charge in [0.1, 0.15) is 0 Å². The van der Waals surface area contributed by atoms with Gasteiger partial charge in [0.2, 0.25) is 0 Å². The summed E-state index contributed by atoms with van der Waals surface area (Å²) in [5, 5.41) is 9.36. The predicted molar refractivity (Wildman–Crippen MR) is 68.1 cm³/mol. The minimum Gasteiger partial charge on any atom is -0.396 e. The van der Waals surface area contributed by atoms with Crippen molar-refractivity contribution >= 4 is 0 Å². The minimum absolute atomic E-state index is 0.194. The highest BCUT2D eigenvalue weighted by molar-refractivity contribution is 4.72. The van der Waals surface area contributed by atoms with Gasteiger partial charge in [-0.3, -0.25) is 0 Å². The number of rotatable bonds is 10. The van der Waals surface area contributed by atoms with Crippen molar-refractivity contribution in [2.75, 3.05) is 6.61 Å². The Hall–Kier alpha value is -0.0400. The third-order valence-electron chi connectivity index (χ3n) is 3.37. The average molecular weight is 214 g/mol. The first kappa shape index (κ1) is 15.0. The van der Waals surface area contributed by atoms with Gasteiger partial charge in [0.25, 0.3) is 0 Å². The lowest BCUT2D eigenvalue weighted by Crippen LogP contribution is -2.20. The second kappa shape index (κ2) is 9.21. The molecule has 1 atom stereocenters. The minimum atomic E-state index is 0.194. The molecule has 0 aliphatic heterocycles. The molecule has 0 fully saturated rings. The Labute approximate surface area is 96.3 Å². The largest absolute Gasteiger partial charge is 0.396 e. The standard InChI is InChI=1S/C14H30O/c1-4-6-7-8-9-10-12-14(3,13-15)11-5-2/h15H,4-13H2,1-3H3. The van der Waals surface area contributed by atoms with Gasteiger partial charge >= 0.3 is 0 Å². The predicted octanol–water partition coefficient (Wildman–Crippen LogP) is 4.54. The van der Waals surface area contributed by atoms with E-state index in [0.29, 0.717) is 6.61 Å². The van der Waals surface area contributed by atoms with Crippen LogP contribution in [-0.4, -0.2) is 11.7 Å². The van der Waals surface area contributed by atoms with E-state index in [4.69, 9.17) is 0 Å². The summed E-state index contributed by atoms with van der Waals surface area (Å²) in [7, 11) is 0. The third kappa shape index (κ3) is 7.84. The molecule has 92 valence electrons. The van der Waals surface area contributed by atoms with E-state index in [-0.39, 0.29) is 5.41 Å². The first-order valence-corrected chi connectivity index (χ1v) is 6.79. The maximum absolute atomic E-state index is 9.36. The Bertz CT molecular complexity index is 133. The van der Waals surface area contributed by atoms with Gasteiger partial charge < -0.3 is 5.11 Å².